The van der Waals surface area contributed by atoms with Crippen molar-refractivity contribution in [3.8, 4) is 0 Å². The van der Waals surface area contributed by atoms with Crippen molar-refractivity contribution in [1.29, 1.82) is 0 Å². The van der Waals surface area contributed by atoms with Gasteiger partial charge in [0, 0.05) is 6.07 Å². The Balaban J connectivity index is 2.03. The van der Waals surface area contributed by atoms with E-state index in [4.69, 9.17) is 4.74 Å². The summed E-state index contributed by atoms with van der Waals surface area (Å²) in [5.41, 5.74) is 2.25. The standard InChI is InChI=1S/C18H17F2NO3S/c1-11-5-13-3-4-14(18(22)24-2)8-17(13)21(25(11)23)10-12-6-15(19)9-16(20)7-12/h3-4,6-9,11H,5,10H2,1-2H3. The van der Waals surface area contributed by atoms with Crippen molar-refractivity contribution in [1.82, 2.24) is 0 Å². The topological polar surface area (TPSA) is 46.6 Å². The van der Waals surface area contributed by atoms with E-state index >= 15 is 0 Å². The smallest absolute Gasteiger partial charge is 0.337 e. The lowest BCUT2D eigenvalue weighted by Gasteiger charge is -2.33. The Morgan fingerprint density at radius 2 is 1.92 bits per heavy atom. The number of nitrogens with zero attached hydrogens (tertiary/aromatic N) is 1. The molecule has 0 spiro atoms. The molecule has 132 valence electrons. The summed E-state index contributed by atoms with van der Waals surface area (Å²) in [6, 6.07) is 8.29. The number of rotatable bonds is 3. The highest BCUT2D eigenvalue weighted by molar-refractivity contribution is 7.87. The lowest BCUT2D eigenvalue weighted by molar-refractivity contribution is 0.0600. The van der Waals surface area contributed by atoms with Crippen LogP contribution in [-0.2, 0) is 28.7 Å². The predicted octanol–water partition coefficient (Wildman–Crippen LogP) is 3.37. The second-order valence-electron chi connectivity index (χ2n) is 5.94. The van der Waals surface area contributed by atoms with Crippen LogP contribution in [0.2, 0.25) is 0 Å². The van der Waals surface area contributed by atoms with E-state index in [9.17, 15) is 17.8 Å². The Bertz CT molecular complexity index is 836. The van der Waals surface area contributed by atoms with Gasteiger partial charge in [0.25, 0.3) is 0 Å². The second kappa shape index (κ2) is 6.92. The molecule has 2 atom stereocenters. The zero-order valence-corrected chi connectivity index (χ0v) is 14.6. The lowest BCUT2D eigenvalue weighted by Crippen LogP contribution is -2.37. The van der Waals surface area contributed by atoms with Gasteiger partial charge in [0.05, 0.1) is 30.2 Å². The maximum absolute atomic E-state index is 13.5. The molecule has 4 nitrogen and oxygen atoms in total. The number of fused-ring (bicyclic) bond motifs is 1. The van der Waals surface area contributed by atoms with Gasteiger partial charge in [-0.3, -0.25) is 4.31 Å². The van der Waals surface area contributed by atoms with Gasteiger partial charge in [-0.1, -0.05) is 6.07 Å². The quantitative estimate of drug-likeness (QED) is 0.784. The van der Waals surface area contributed by atoms with Crippen LogP contribution in [-0.4, -0.2) is 22.5 Å². The Morgan fingerprint density at radius 3 is 2.56 bits per heavy atom. The first-order valence-electron chi connectivity index (χ1n) is 7.73. The fraction of sp³-hybridized carbons (Fsp3) is 0.278. The van der Waals surface area contributed by atoms with E-state index in [1.54, 1.807) is 22.5 Å². The first kappa shape index (κ1) is 17.5. The van der Waals surface area contributed by atoms with Gasteiger partial charge in [-0.25, -0.2) is 17.8 Å². The molecule has 0 saturated carbocycles. The van der Waals surface area contributed by atoms with Crippen molar-refractivity contribution in [3.05, 3.63) is 64.7 Å². The summed E-state index contributed by atoms with van der Waals surface area (Å²) in [5.74, 6) is -1.87. The van der Waals surface area contributed by atoms with Crippen LogP contribution >= 0.6 is 0 Å². The molecule has 2 unspecified atom stereocenters. The zero-order chi connectivity index (χ0) is 18.1. The molecule has 0 amide bonds. The normalized spacial score (nSPS) is 19.4. The van der Waals surface area contributed by atoms with E-state index in [0.29, 0.717) is 23.2 Å². The van der Waals surface area contributed by atoms with E-state index in [1.807, 2.05) is 6.92 Å². The van der Waals surface area contributed by atoms with Gasteiger partial charge in [-0.15, -0.1) is 0 Å². The summed E-state index contributed by atoms with van der Waals surface area (Å²) in [5, 5.41) is -0.144. The number of carbonyl (C=O) groups excluding carboxylic acids is 1. The summed E-state index contributed by atoms with van der Waals surface area (Å²) in [6.45, 7) is 1.93. The minimum Gasteiger partial charge on any atom is -0.465 e. The third-order valence-electron chi connectivity index (χ3n) is 4.09. The highest BCUT2D eigenvalue weighted by atomic mass is 32.2. The highest BCUT2D eigenvalue weighted by Crippen LogP contribution is 2.33. The number of anilines is 1. The summed E-state index contributed by atoms with van der Waals surface area (Å²) >= 11 is 0. The Kier molecular flexibility index (Phi) is 4.85. The van der Waals surface area contributed by atoms with Crippen molar-refractivity contribution >= 4 is 22.6 Å². The fourth-order valence-corrected chi connectivity index (χ4v) is 4.32. The minimum atomic E-state index is -1.38. The van der Waals surface area contributed by atoms with E-state index in [-0.39, 0.29) is 11.8 Å². The van der Waals surface area contributed by atoms with Gasteiger partial charge in [0.15, 0.2) is 0 Å². The maximum atomic E-state index is 13.5. The molecule has 1 aliphatic heterocycles. The molecule has 0 bridgehead atoms. The molecular weight excluding hydrogens is 348 g/mol. The van der Waals surface area contributed by atoms with Crippen molar-refractivity contribution in [2.24, 2.45) is 0 Å². The van der Waals surface area contributed by atoms with Crippen molar-refractivity contribution in [3.63, 3.8) is 0 Å². The largest absolute Gasteiger partial charge is 0.465 e. The van der Waals surface area contributed by atoms with Crippen LogP contribution in [0.25, 0.3) is 0 Å². The molecule has 1 aliphatic rings. The molecule has 0 fully saturated rings. The summed E-state index contributed by atoms with van der Waals surface area (Å²) in [4.78, 5) is 11.8. The average Bonchev–Trinajstić information content (AvgIpc) is 2.57. The van der Waals surface area contributed by atoms with E-state index < -0.39 is 28.6 Å². The van der Waals surface area contributed by atoms with E-state index in [2.05, 4.69) is 0 Å². The van der Waals surface area contributed by atoms with Gasteiger partial charge in [-0.05, 0) is 48.7 Å². The Hall–Kier alpha value is -2.28. The molecule has 2 aromatic rings. The number of ether oxygens (including phenoxy) is 1. The molecule has 0 aromatic heterocycles. The first-order chi connectivity index (χ1) is 11.9. The van der Waals surface area contributed by atoms with E-state index in [1.165, 1.54) is 19.2 Å². The van der Waals surface area contributed by atoms with Crippen molar-refractivity contribution < 1.29 is 22.5 Å². The molecule has 0 radical (unpaired) electrons. The molecular formula is C18H17F2NO3S. The molecule has 1 heterocycles. The number of esters is 1. The third kappa shape index (κ3) is 3.56. The van der Waals surface area contributed by atoms with Gasteiger partial charge >= 0.3 is 5.97 Å². The van der Waals surface area contributed by atoms with Gasteiger partial charge in [0.2, 0.25) is 0 Å². The van der Waals surface area contributed by atoms with Crippen molar-refractivity contribution in [2.45, 2.75) is 25.1 Å². The molecule has 25 heavy (non-hydrogen) atoms. The molecule has 3 rings (SSSR count). The summed E-state index contributed by atoms with van der Waals surface area (Å²) in [6.07, 6.45) is 0.595. The maximum Gasteiger partial charge on any atom is 0.337 e. The Labute approximate surface area is 147 Å². The third-order valence-corrected chi connectivity index (χ3v) is 5.71. The Morgan fingerprint density at radius 1 is 1.24 bits per heavy atom. The second-order valence-corrected chi connectivity index (χ2v) is 7.74. The highest BCUT2D eigenvalue weighted by Gasteiger charge is 2.30. The lowest BCUT2D eigenvalue weighted by atomic mass is 10.0. The van der Waals surface area contributed by atoms with Crippen LogP contribution in [0, 0.1) is 11.6 Å². The average molecular weight is 365 g/mol. The molecule has 0 aliphatic carbocycles. The fourth-order valence-electron chi connectivity index (χ4n) is 2.93. The van der Waals surface area contributed by atoms with Crippen LogP contribution in [0.3, 0.4) is 0 Å². The van der Waals surface area contributed by atoms with Gasteiger partial charge < -0.3 is 4.74 Å². The monoisotopic (exact) mass is 365 g/mol. The van der Waals surface area contributed by atoms with Gasteiger partial charge in [-0.2, -0.15) is 0 Å². The molecule has 2 aromatic carbocycles. The number of hydrogen-bond acceptors (Lipinski definition) is 3. The molecule has 7 heteroatoms. The number of hydrogen-bond donors (Lipinski definition) is 0. The minimum absolute atomic E-state index is 0.0727. The zero-order valence-electron chi connectivity index (χ0n) is 13.8. The van der Waals surface area contributed by atoms with E-state index in [0.717, 1.165) is 11.6 Å². The number of carbonyl (C=O) groups is 1. The number of halogens is 2. The summed E-state index contributed by atoms with van der Waals surface area (Å²) in [7, 11) is -0.0980. The van der Waals surface area contributed by atoms with Crippen LogP contribution < -0.4 is 4.31 Å². The number of methoxy groups -OCH3 is 1. The first-order valence-corrected chi connectivity index (χ1v) is 8.90. The van der Waals surface area contributed by atoms with Crippen LogP contribution in [0.1, 0.15) is 28.4 Å². The number of benzene rings is 2. The SMILES string of the molecule is COC(=O)c1ccc2c(c1)N(Cc1cc(F)cc(F)c1)S(=O)C(C)C2. The van der Waals surface area contributed by atoms with Crippen LogP contribution in [0.4, 0.5) is 14.5 Å². The van der Waals surface area contributed by atoms with Gasteiger partial charge in [0.1, 0.15) is 22.6 Å². The molecule has 0 saturated heterocycles. The van der Waals surface area contributed by atoms with Crippen LogP contribution in [0.15, 0.2) is 36.4 Å². The summed E-state index contributed by atoms with van der Waals surface area (Å²) < 4.78 is 46.0. The molecule has 0 N–H and O–H groups in total. The predicted molar refractivity (Wildman–Crippen MR) is 91.6 cm³/mol. The van der Waals surface area contributed by atoms with Crippen molar-refractivity contribution in [2.75, 3.05) is 11.4 Å². The van der Waals surface area contributed by atoms with Crippen LogP contribution in [0.5, 0.6) is 0 Å².